The highest BCUT2D eigenvalue weighted by molar-refractivity contribution is 5.75. The number of rotatable bonds is 5. The fraction of sp³-hybridized carbons (Fsp3) is 0.316. The standard InChI is InChI=1S/C19H21N3O3/c1-11(2)14-9-13(5-7-18(23)24)10-17(19(14)25)22-20-15-6-4-12(3)8-16(15)21-22/h4,6,8-11,25H,5,7H2,1-3H3,(H,23,24). The third-order valence-corrected chi connectivity index (χ3v) is 4.18. The number of carboxylic acids is 1. The smallest absolute Gasteiger partial charge is 0.303 e. The van der Waals surface area contributed by atoms with Gasteiger partial charge in [0.25, 0.3) is 0 Å². The molecular formula is C19H21N3O3. The molecule has 0 aliphatic heterocycles. The number of benzene rings is 2. The normalized spacial score (nSPS) is 11.4. The number of carboxylic acid groups (broad SMARTS) is 1. The van der Waals surface area contributed by atoms with Crippen molar-refractivity contribution in [3.05, 3.63) is 47.0 Å². The van der Waals surface area contributed by atoms with Crippen LogP contribution in [0, 0.1) is 6.92 Å². The first kappa shape index (κ1) is 17.0. The predicted molar refractivity (Wildman–Crippen MR) is 95.3 cm³/mol. The zero-order chi connectivity index (χ0) is 18.1. The number of nitrogens with zero attached hydrogens (tertiary/aromatic N) is 3. The lowest BCUT2D eigenvalue weighted by Gasteiger charge is -2.14. The molecule has 25 heavy (non-hydrogen) atoms. The van der Waals surface area contributed by atoms with E-state index in [-0.39, 0.29) is 18.1 Å². The Balaban J connectivity index is 2.12. The van der Waals surface area contributed by atoms with Gasteiger partial charge < -0.3 is 10.2 Å². The van der Waals surface area contributed by atoms with Crippen molar-refractivity contribution in [2.24, 2.45) is 0 Å². The average Bonchev–Trinajstić information content (AvgIpc) is 2.96. The van der Waals surface area contributed by atoms with Gasteiger partial charge in [-0.1, -0.05) is 26.0 Å². The number of carbonyl (C=O) groups is 1. The highest BCUT2D eigenvalue weighted by Gasteiger charge is 2.17. The minimum absolute atomic E-state index is 0.0372. The van der Waals surface area contributed by atoms with E-state index in [9.17, 15) is 9.90 Å². The summed E-state index contributed by atoms with van der Waals surface area (Å²) in [6.45, 7) is 5.95. The second-order valence-electron chi connectivity index (χ2n) is 6.58. The van der Waals surface area contributed by atoms with Crippen molar-refractivity contribution in [2.75, 3.05) is 0 Å². The van der Waals surface area contributed by atoms with E-state index in [1.54, 1.807) is 6.07 Å². The third-order valence-electron chi connectivity index (χ3n) is 4.18. The Hall–Kier alpha value is -2.89. The maximum atomic E-state index is 10.9. The van der Waals surface area contributed by atoms with Crippen LogP contribution in [0.1, 0.15) is 42.9 Å². The summed E-state index contributed by atoms with van der Waals surface area (Å²) in [5, 5.41) is 28.5. The summed E-state index contributed by atoms with van der Waals surface area (Å²) in [6.07, 6.45) is 0.428. The molecule has 2 N–H and O–H groups in total. The summed E-state index contributed by atoms with van der Waals surface area (Å²) in [4.78, 5) is 12.3. The van der Waals surface area contributed by atoms with Crippen LogP contribution in [0.4, 0.5) is 0 Å². The molecule has 0 fully saturated rings. The number of aromatic hydroxyl groups is 1. The molecule has 0 atom stereocenters. The van der Waals surface area contributed by atoms with Crippen LogP contribution >= 0.6 is 0 Å². The van der Waals surface area contributed by atoms with Gasteiger partial charge in [-0.15, -0.1) is 15.0 Å². The van der Waals surface area contributed by atoms with Crippen LogP contribution in [0.2, 0.25) is 0 Å². The second kappa shape index (κ2) is 6.55. The quantitative estimate of drug-likeness (QED) is 0.742. The maximum absolute atomic E-state index is 10.9. The average molecular weight is 339 g/mol. The Morgan fingerprint density at radius 1 is 1.16 bits per heavy atom. The van der Waals surface area contributed by atoms with Crippen LogP contribution in [-0.4, -0.2) is 31.2 Å². The van der Waals surface area contributed by atoms with Gasteiger partial charge in [-0.25, -0.2) is 0 Å². The van der Waals surface area contributed by atoms with Crippen molar-refractivity contribution in [1.82, 2.24) is 15.0 Å². The van der Waals surface area contributed by atoms with Gasteiger partial charge in [0.1, 0.15) is 22.5 Å². The van der Waals surface area contributed by atoms with Gasteiger partial charge >= 0.3 is 5.97 Å². The number of phenols is 1. The van der Waals surface area contributed by atoms with Crippen molar-refractivity contribution in [3.8, 4) is 11.4 Å². The van der Waals surface area contributed by atoms with Gasteiger partial charge in [0.05, 0.1) is 0 Å². The first-order valence-electron chi connectivity index (χ1n) is 8.27. The lowest BCUT2D eigenvalue weighted by molar-refractivity contribution is -0.136. The van der Waals surface area contributed by atoms with E-state index < -0.39 is 5.97 Å². The lowest BCUT2D eigenvalue weighted by atomic mass is 9.96. The van der Waals surface area contributed by atoms with Crippen molar-refractivity contribution in [1.29, 1.82) is 0 Å². The maximum Gasteiger partial charge on any atom is 0.303 e. The summed E-state index contributed by atoms with van der Waals surface area (Å²) in [6, 6.07) is 9.41. The number of aliphatic carboxylic acids is 1. The Bertz CT molecular complexity index is 944. The molecule has 6 nitrogen and oxygen atoms in total. The molecule has 3 rings (SSSR count). The summed E-state index contributed by atoms with van der Waals surface area (Å²) in [5.41, 5.74) is 4.66. The zero-order valence-corrected chi connectivity index (χ0v) is 14.5. The van der Waals surface area contributed by atoms with E-state index in [1.807, 2.05) is 45.0 Å². The van der Waals surface area contributed by atoms with E-state index in [0.717, 1.165) is 27.7 Å². The molecule has 2 aromatic carbocycles. The second-order valence-corrected chi connectivity index (χ2v) is 6.58. The van der Waals surface area contributed by atoms with Gasteiger partial charge in [0.15, 0.2) is 0 Å². The summed E-state index contributed by atoms with van der Waals surface area (Å²) < 4.78 is 0. The molecule has 3 aromatic rings. The molecule has 0 spiro atoms. The predicted octanol–water partition coefficient (Wildman–Crippen LogP) is 3.58. The molecule has 0 saturated heterocycles. The van der Waals surface area contributed by atoms with Gasteiger partial charge in [0, 0.05) is 6.42 Å². The van der Waals surface area contributed by atoms with E-state index >= 15 is 0 Å². The van der Waals surface area contributed by atoms with Crippen LogP contribution in [0.3, 0.4) is 0 Å². The van der Waals surface area contributed by atoms with Gasteiger partial charge in [-0.3, -0.25) is 4.79 Å². The van der Waals surface area contributed by atoms with E-state index in [0.29, 0.717) is 12.1 Å². The molecule has 0 aliphatic carbocycles. The first-order valence-corrected chi connectivity index (χ1v) is 8.27. The van der Waals surface area contributed by atoms with Crippen molar-refractivity contribution in [3.63, 3.8) is 0 Å². The summed E-state index contributed by atoms with van der Waals surface area (Å²) >= 11 is 0. The van der Waals surface area contributed by atoms with Crippen LogP contribution in [0.15, 0.2) is 30.3 Å². The number of fused-ring (bicyclic) bond motifs is 1. The Labute approximate surface area is 145 Å². The van der Waals surface area contributed by atoms with Gasteiger partial charge in [-0.05, 0) is 54.2 Å². The number of hydrogen-bond acceptors (Lipinski definition) is 4. The molecule has 6 heteroatoms. The Morgan fingerprint density at radius 3 is 2.56 bits per heavy atom. The van der Waals surface area contributed by atoms with E-state index in [4.69, 9.17) is 5.11 Å². The summed E-state index contributed by atoms with van der Waals surface area (Å²) in [5.74, 6) is -0.624. The van der Waals surface area contributed by atoms with Gasteiger partial charge in [-0.2, -0.15) is 0 Å². The first-order chi connectivity index (χ1) is 11.8. The molecule has 0 radical (unpaired) electrons. The molecule has 0 amide bonds. The fourth-order valence-electron chi connectivity index (χ4n) is 2.82. The largest absolute Gasteiger partial charge is 0.505 e. The number of phenolic OH excluding ortho intramolecular Hbond substituents is 1. The monoisotopic (exact) mass is 339 g/mol. The van der Waals surface area contributed by atoms with E-state index in [1.165, 1.54) is 4.80 Å². The highest BCUT2D eigenvalue weighted by atomic mass is 16.4. The Kier molecular flexibility index (Phi) is 4.44. The molecule has 1 heterocycles. The van der Waals surface area contributed by atoms with Crippen molar-refractivity contribution >= 4 is 17.0 Å². The number of aryl methyl sites for hydroxylation is 2. The molecule has 1 aromatic heterocycles. The van der Waals surface area contributed by atoms with E-state index in [2.05, 4.69) is 10.2 Å². The molecule has 0 aliphatic rings. The minimum atomic E-state index is -0.848. The SMILES string of the molecule is Cc1ccc2nn(-c3cc(CCC(=O)O)cc(C(C)C)c3O)nc2c1. The van der Waals surface area contributed by atoms with Crippen LogP contribution in [0.25, 0.3) is 16.7 Å². The molecule has 0 saturated carbocycles. The number of hydrogen-bond donors (Lipinski definition) is 2. The van der Waals surface area contributed by atoms with Crippen LogP contribution in [-0.2, 0) is 11.2 Å². The molecule has 0 unspecified atom stereocenters. The minimum Gasteiger partial charge on any atom is -0.505 e. The van der Waals surface area contributed by atoms with Crippen LogP contribution in [0.5, 0.6) is 5.75 Å². The Morgan fingerprint density at radius 2 is 1.88 bits per heavy atom. The fourth-order valence-corrected chi connectivity index (χ4v) is 2.82. The zero-order valence-electron chi connectivity index (χ0n) is 14.5. The van der Waals surface area contributed by atoms with Crippen molar-refractivity contribution < 1.29 is 15.0 Å². The molecule has 0 bridgehead atoms. The molecule has 130 valence electrons. The summed E-state index contributed by atoms with van der Waals surface area (Å²) in [7, 11) is 0. The third kappa shape index (κ3) is 3.47. The highest BCUT2D eigenvalue weighted by Crippen LogP contribution is 2.33. The van der Waals surface area contributed by atoms with Crippen LogP contribution < -0.4 is 0 Å². The molecular weight excluding hydrogens is 318 g/mol. The van der Waals surface area contributed by atoms with Gasteiger partial charge in [0.2, 0.25) is 0 Å². The number of aromatic nitrogens is 3. The lowest BCUT2D eigenvalue weighted by Crippen LogP contribution is -2.05. The van der Waals surface area contributed by atoms with Crippen molar-refractivity contribution in [2.45, 2.75) is 39.5 Å². The topological polar surface area (TPSA) is 88.2 Å².